The molecule has 154 valence electrons. The van der Waals surface area contributed by atoms with E-state index >= 15 is 0 Å². The van der Waals surface area contributed by atoms with E-state index in [1.165, 1.54) is 0 Å². The van der Waals surface area contributed by atoms with Gasteiger partial charge in [0.05, 0.1) is 39.2 Å². The Morgan fingerprint density at radius 2 is 1.87 bits per heavy atom. The third-order valence-electron chi connectivity index (χ3n) is 4.85. The Kier molecular flexibility index (Phi) is 6.15. The molecule has 4 aromatic rings. The number of aromatic nitrogens is 3. The van der Waals surface area contributed by atoms with Gasteiger partial charge >= 0.3 is 0 Å². The Hall–Kier alpha value is -3.10. The molecular formula is C22H23N5O2S. The number of fused-ring (bicyclic) bond motifs is 2. The van der Waals surface area contributed by atoms with Crippen molar-refractivity contribution in [2.75, 3.05) is 19.6 Å². The molecule has 0 unspecified atom stereocenters. The van der Waals surface area contributed by atoms with Crippen LogP contribution in [0.25, 0.3) is 21.1 Å². The maximum Gasteiger partial charge on any atom is 0.258 e. The molecule has 2 aromatic carbocycles. The van der Waals surface area contributed by atoms with Crippen LogP contribution in [0.5, 0.6) is 0 Å². The first kappa shape index (κ1) is 20.2. The van der Waals surface area contributed by atoms with Crippen molar-refractivity contribution in [3.63, 3.8) is 0 Å². The van der Waals surface area contributed by atoms with Gasteiger partial charge in [0.15, 0.2) is 0 Å². The number of para-hydroxylation sites is 2. The van der Waals surface area contributed by atoms with Crippen LogP contribution in [0.1, 0.15) is 17.8 Å². The van der Waals surface area contributed by atoms with Crippen molar-refractivity contribution in [3.8, 4) is 0 Å². The third-order valence-corrected chi connectivity index (χ3v) is 5.95. The molecule has 2 aromatic heterocycles. The van der Waals surface area contributed by atoms with Crippen molar-refractivity contribution in [1.29, 1.82) is 0 Å². The molecule has 2 N–H and O–H groups in total. The minimum absolute atomic E-state index is 0.0545. The maximum atomic E-state index is 12.4. The number of likely N-dealkylation sites (N-methyl/N-ethyl adjacent to an activating group) is 1. The second-order valence-corrected chi connectivity index (χ2v) is 8.12. The highest BCUT2D eigenvalue weighted by Gasteiger charge is 2.12. The second-order valence-electron chi connectivity index (χ2n) is 7.01. The Morgan fingerprint density at radius 3 is 2.67 bits per heavy atom. The summed E-state index contributed by atoms with van der Waals surface area (Å²) in [7, 11) is 0. The number of nitrogens with zero attached hydrogens (tertiary/aromatic N) is 3. The van der Waals surface area contributed by atoms with Crippen LogP contribution in [0.15, 0.2) is 53.3 Å². The van der Waals surface area contributed by atoms with E-state index in [1.807, 2.05) is 48.2 Å². The summed E-state index contributed by atoms with van der Waals surface area (Å²) in [5, 5.41) is 4.54. The van der Waals surface area contributed by atoms with Crippen molar-refractivity contribution >= 4 is 38.4 Å². The van der Waals surface area contributed by atoms with Crippen molar-refractivity contribution in [3.05, 3.63) is 69.7 Å². The maximum absolute atomic E-state index is 12.4. The average molecular weight is 422 g/mol. The second kappa shape index (κ2) is 9.15. The number of hydrogen-bond donors (Lipinski definition) is 2. The standard InChI is InChI=1S/C22H23N5O2S/c1-2-27(13-19-24-16-8-4-3-7-15(16)22(29)26-19)14-20(28)23-12-11-21-25-17-9-5-6-10-18(17)30-21/h3-10H,2,11-14H2,1H3,(H,23,28)(H,24,26,29). The topological polar surface area (TPSA) is 91.0 Å². The number of carbonyl (C=O) groups excluding carboxylic acids is 1. The van der Waals surface area contributed by atoms with Crippen LogP contribution >= 0.6 is 11.3 Å². The predicted molar refractivity (Wildman–Crippen MR) is 120 cm³/mol. The number of thiazole rings is 1. The van der Waals surface area contributed by atoms with Crippen molar-refractivity contribution in [1.82, 2.24) is 25.2 Å². The highest BCUT2D eigenvalue weighted by Crippen LogP contribution is 2.21. The van der Waals surface area contributed by atoms with Crippen molar-refractivity contribution < 1.29 is 4.79 Å². The van der Waals surface area contributed by atoms with Gasteiger partial charge in [-0.25, -0.2) is 9.97 Å². The molecule has 0 saturated heterocycles. The predicted octanol–water partition coefficient (Wildman–Crippen LogP) is 2.71. The molecule has 0 aliphatic carbocycles. The molecule has 2 heterocycles. The van der Waals surface area contributed by atoms with E-state index in [-0.39, 0.29) is 18.0 Å². The van der Waals surface area contributed by atoms with Gasteiger partial charge in [-0.3, -0.25) is 14.5 Å². The molecule has 0 saturated carbocycles. The Labute approximate surface area is 177 Å². The van der Waals surface area contributed by atoms with E-state index < -0.39 is 0 Å². The number of hydrogen-bond acceptors (Lipinski definition) is 6. The highest BCUT2D eigenvalue weighted by molar-refractivity contribution is 7.18. The van der Waals surface area contributed by atoms with E-state index in [0.29, 0.717) is 42.8 Å². The van der Waals surface area contributed by atoms with Gasteiger partial charge in [-0.05, 0) is 30.8 Å². The third kappa shape index (κ3) is 4.72. The number of H-pyrrole nitrogens is 1. The average Bonchev–Trinajstić information content (AvgIpc) is 3.16. The summed E-state index contributed by atoms with van der Waals surface area (Å²) in [5.41, 5.74) is 1.50. The quantitative estimate of drug-likeness (QED) is 0.457. The number of amides is 1. The Morgan fingerprint density at radius 1 is 1.10 bits per heavy atom. The zero-order valence-corrected chi connectivity index (χ0v) is 17.5. The molecule has 0 aliphatic rings. The molecule has 30 heavy (non-hydrogen) atoms. The Balaban J connectivity index is 1.32. The van der Waals surface area contributed by atoms with Crippen LogP contribution in [0, 0.1) is 0 Å². The van der Waals surface area contributed by atoms with Gasteiger partial charge in [-0.1, -0.05) is 31.2 Å². The van der Waals surface area contributed by atoms with Crippen LogP contribution in [0.2, 0.25) is 0 Å². The fraction of sp³-hybridized carbons (Fsp3) is 0.273. The summed E-state index contributed by atoms with van der Waals surface area (Å²) in [6.45, 7) is 3.84. The van der Waals surface area contributed by atoms with Crippen molar-refractivity contribution in [2.24, 2.45) is 0 Å². The summed E-state index contributed by atoms with van der Waals surface area (Å²) < 4.78 is 1.16. The number of nitrogens with one attached hydrogen (secondary N) is 2. The minimum Gasteiger partial charge on any atom is -0.355 e. The van der Waals surface area contributed by atoms with E-state index in [4.69, 9.17) is 0 Å². The van der Waals surface area contributed by atoms with Gasteiger partial charge in [-0.15, -0.1) is 11.3 Å². The van der Waals surface area contributed by atoms with Crippen molar-refractivity contribution in [2.45, 2.75) is 19.9 Å². The summed E-state index contributed by atoms with van der Waals surface area (Å²) in [6.07, 6.45) is 0.705. The van der Waals surface area contributed by atoms with Crippen LogP contribution in [-0.2, 0) is 17.8 Å². The Bertz CT molecular complexity index is 1200. The van der Waals surface area contributed by atoms with Crippen LogP contribution in [0.4, 0.5) is 0 Å². The van der Waals surface area contributed by atoms with E-state index in [9.17, 15) is 9.59 Å². The summed E-state index contributed by atoms with van der Waals surface area (Å²) in [4.78, 5) is 38.5. The van der Waals surface area contributed by atoms with Crippen LogP contribution < -0.4 is 10.9 Å². The van der Waals surface area contributed by atoms with Gasteiger partial charge < -0.3 is 10.3 Å². The molecule has 0 bridgehead atoms. The molecule has 0 atom stereocenters. The normalized spacial score (nSPS) is 11.4. The number of carbonyl (C=O) groups is 1. The molecule has 0 fully saturated rings. The lowest BCUT2D eigenvalue weighted by atomic mass is 10.2. The van der Waals surface area contributed by atoms with E-state index in [0.717, 1.165) is 15.2 Å². The molecule has 7 nitrogen and oxygen atoms in total. The van der Waals surface area contributed by atoms with Gasteiger partial charge in [-0.2, -0.15) is 0 Å². The molecule has 0 radical (unpaired) electrons. The van der Waals surface area contributed by atoms with Crippen LogP contribution in [-0.4, -0.2) is 45.4 Å². The van der Waals surface area contributed by atoms with E-state index in [1.54, 1.807) is 17.4 Å². The molecular weight excluding hydrogens is 398 g/mol. The fourth-order valence-electron chi connectivity index (χ4n) is 3.30. The van der Waals surface area contributed by atoms with Crippen LogP contribution in [0.3, 0.4) is 0 Å². The number of rotatable bonds is 8. The first-order chi connectivity index (χ1) is 14.6. The first-order valence-electron chi connectivity index (χ1n) is 9.94. The molecule has 0 spiro atoms. The molecule has 4 rings (SSSR count). The lowest BCUT2D eigenvalue weighted by molar-refractivity contribution is -0.122. The van der Waals surface area contributed by atoms with E-state index in [2.05, 4.69) is 26.3 Å². The van der Waals surface area contributed by atoms with Gasteiger partial charge in [0.25, 0.3) is 5.56 Å². The molecule has 1 amide bonds. The largest absolute Gasteiger partial charge is 0.355 e. The fourth-order valence-corrected chi connectivity index (χ4v) is 4.26. The lowest BCUT2D eigenvalue weighted by Gasteiger charge is -2.19. The monoisotopic (exact) mass is 421 g/mol. The number of benzene rings is 2. The zero-order chi connectivity index (χ0) is 20.9. The van der Waals surface area contributed by atoms with Gasteiger partial charge in [0.1, 0.15) is 5.82 Å². The molecule has 8 heteroatoms. The molecule has 0 aliphatic heterocycles. The van der Waals surface area contributed by atoms with Gasteiger partial charge in [0.2, 0.25) is 5.91 Å². The summed E-state index contributed by atoms with van der Waals surface area (Å²) in [6, 6.07) is 15.3. The zero-order valence-electron chi connectivity index (χ0n) is 16.7. The highest BCUT2D eigenvalue weighted by atomic mass is 32.1. The number of aromatic amines is 1. The smallest absolute Gasteiger partial charge is 0.258 e. The SMILES string of the molecule is CCN(CC(=O)NCCc1nc2ccccc2s1)Cc1nc2ccccc2c(=O)[nH]1. The van der Waals surface area contributed by atoms with Gasteiger partial charge in [0, 0.05) is 13.0 Å². The summed E-state index contributed by atoms with van der Waals surface area (Å²) >= 11 is 1.66. The first-order valence-corrected chi connectivity index (χ1v) is 10.8. The minimum atomic E-state index is -0.160. The summed E-state index contributed by atoms with van der Waals surface area (Å²) in [5.74, 6) is 0.504. The lowest BCUT2D eigenvalue weighted by Crippen LogP contribution is -2.38.